The summed E-state index contributed by atoms with van der Waals surface area (Å²) in [5, 5.41) is 10.3. The van der Waals surface area contributed by atoms with E-state index in [1.807, 2.05) is 6.07 Å². The van der Waals surface area contributed by atoms with Gasteiger partial charge in [0.1, 0.15) is 29.1 Å². The number of nitrogens with zero attached hydrogens (tertiary/aromatic N) is 1. The van der Waals surface area contributed by atoms with Crippen LogP contribution < -0.4 is 19.7 Å². The van der Waals surface area contributed by atoms with Crippen LogP contribution in [-0.4, -0.2) is 59.4 Å². The van der Waals surface area contributed by atoms with Crippen molar-refractivity contribution in [1.82, 2.24) is 5.32 Å². The molecule has 3 aromatic carbocycles. The summed E-state index contributed by atoms with van der Waals surface area (Å²) in [4.78, 5) is 50.1. The molecule has 2 aliphatic rings. The molecule has 1 saturated heterocycles. The lowest BCUT2D eigenvalue weighted by Gasteiger charge is -2.47. The topological polar surface area (TPSA) is 122 Å². The third kappa shape index (κ3) is 5.94. The van der Waals surface area contributed by atoms with Gasteiger partial charge in [-0.3, -0.25) is 19.2 Å². The molecule has 0 spiro atoms. The number of amides is 2. The van der Waals surface area contributed by atoms with Gasteiger partial charge >= 0.3 is 5.97 Å². The number of nitrogens with one attached hydrogen (secondary N) is 1. The average Bonchev–Trinajstić information content (AvgIpc) is 3.43. The van der Waals surface area contributed by atoms with Crippen LogP contribution in [0.3, 0.4) is 0 Å². The first-order valence-corrected chi connectivity index (χ1v) is 13.6. The molecule has 11 heteroatoms. The number of anilines is 1. The lowest BCUT2D eigenvalue weighted by Crippen LogP contribution is -2.57. The van der Waals surface area contributed by atoms with Crippen molar-refractivity contribution in [2.45, 2.75) is 17.7 Å². The van der Waals surface area contributed by atoms with Gasteiger partial charge in [0.05, 0.1) is 18.4 Å². The Balaban J connectivity index is 1.29. The van der Waals surface area contributed by atoms with Gasteiger partial charge in [-0.05, 0) is 65.7 Å². The number of halogens is 1. The van der Waals surface area contributed by atoms with Crippen LogP contribution in [0.15, 0.2) is 66.7 Å². The zero-order valence-electron chi connectivity index (χ0n) is 21.2. The maximum absolute atomic E-state index is 13.6. The largest absolute Gasteiger partial charge is 0.493 e. The Bertz CT molecular complexity index is 1450. The smallest absolute Gasteiger partial charge is 0.322 e. The third-order valence-corrected chi connectivity index (χ3v) is 7.83. The second-order valence-corrected chi connectivity index (χ2v) is 10.4. The maximum Gasteiger partial charge on any atom is 0.322 e. The van der Waals surface area contributed by atoms with Crippen LogP contribution in [-0.2, 0) is 20.8 Å². The predicted octanol–water partition coefficient (Wildman–Crippen LogP) is 3.41. The van der Waals surface area contributed by atoms with Crippen molar-refractivity contribution in [3.05, 3.63) is 89.2 Å². The number of carbonyl (C=O) groups is 4. The highest BCUT2D eigenvalue weighted by Gasteiger charge is 2.49. The Morgan fingerprint density at radius 3 is 2.55 bits per heavy atom. The molecule has 3 aromatic rings. The summed E-state index contributed by atoms with van der Waals surface area (Å²) in [7, 11) is 0. The first kappa shape index (κ1) is 27.2. The molecular weight excluding hydrogens is 539 g/mol. The molecule has 9 nitrogen and oxygen atoms in total. The fourth-order valence-electron chi connectivity index (χ4n) is 4.58. The summed E-state index contributed by atoms with van der Waals surface area (Å²) in [5.74, 6) is -1.14. The highest BCUT2D eigenvalue weighted by molar-refractivity contribution is 8.01. The van der Waals surface area contributed by atoms with Crippen LogP contribution in [0.4, 0.5) is 10.1 Å². The molecule has 0 radical (unpaired) electrons. The van der Waals surface area contributed by atoms with Gasteiger partial charge in [-0.15, -0.1) is 11.8 Å². The van der Waals surface area contributed by atoms with Crippen molar-refractivity contribution < 1.29 is 38.1 Å². The fraction of sp³-hybridized carbons (Fsp3) is 0.241. The van der Waals surface area contributed by atoms with Crippen molar-refractivity contribution in [2.24, 2.45) is 0 Å². The van der Waals surface area contributed by atoms with Gasteiger partial charge in [0, 0.05) is 17.7 Å². The van der Waals surface area contributed by atoms with Gasteiger partial charge in [0.2, 0.25) is 5.91 Å². The molecule has 206 valence electrons. The lowest BCUT2D eigenvalue weighted by molar-refractivity contribution is -0.138. The molecule has 0 unspecified atom stereocenters. The second-order valence-electron chi connectivity index (χ2n) is 9.23. The van der Waals surface area contributed by atoms with Gasteiger partial charge in [-0.1, -0.05) is 12.1 Å². The lowest BCUT2D eigenvalue weighted by atomic mass is 9.92. The number of carboxylic acid groups (broad SMARTS) is 1. The van der Waals surface area contributed by atoms with Crippen molar-refractivity contribution in [3.8, 4) is 11.5 Å². The average molecular weight is 565 g/mol. The molecule has 2 aliphatic heterocycles. The molecule has 2 heterocycles. The van der Waals surface area contributed by atoms with E-state index in [9.17, 15) is 23.6 Å². The summed E-state index contributed by atoms with van der Waals surface area (Å²) in [6.45, 7) is -0.259. The SMILES string of the molecule is O=C(O)CNC(=O)COc1ccc([C@@H]2[C@@H](SCC(=O)c3ccc4c(c3)CCO4)C(=O)N2c2ccc(F)cc2)cc1. The van der Waals surface area contributed by atoms with Gasteiger partial charge in [-0.25, -0.2) is 4.39 Å². The van der Waals surface area contributed by atoms with E-state index < -0.39 is 35.5 Å². The highest BCUT2D eigenvalue weighted by Crippen LogP contribution is 2.45. The number of fused-ring (bicyclic) bond motifs is 1. The molecule has 2 N–H and O–H groups in total. The zero-order chi connectivity index (χ0) is 28.2. The molecule has 0 aromatic heterocycles. The minimum Gasteiger partial charge on any atom is -0.493 e. The molecular formula is C29H25FN2O7S. The number of hydrogen-bond acceptors (Lipinski definition) is 7. The number of thioether (sulfide) groups is 1. The van der Waals surface area contributed by atoms with E-state index in [1.165, 1.54) is 36.0 Å². The number of hydrogen-bond donors (Lipinski definition) is 2. The fourth-order valence-corrected chi connectivity index (χ4v) is 5.80. The molecule has 0 aliphatic carbocycles. The van der Waals surface area contributed by atoms with Gasteiger partial charge in [0.15, 0.2) is 12.4 Å². The summed E-state index contributed by atoms with van der Waals surface area (Å²) in [5.41, 5.74) is 2.88. The van der Waals surface area contributed by atoms with Gasteiger partial charge in [-0.2, -0.15) is 0 Å². The maximum atomic E-state index is 13.6. The highest BCUT2D eigenvalue weighted by atomic mass is 32.2. The van der Waals surface area contributed by atoms with Crippen LogP contribution in [0.5, 0.6) is 11.5 Å². The minimum absolute atomic E-state index is 0.0867. The van der Waals surface area contributed by atoms with Crippen molar-refractivity contribution in [1.29, 1.82) is 0 Å². The van der Waals surface area contributed by atoms with Crippen LogP contribution in [0.2, 0.25) is 0 Å². The molecule has 0 saturated carbocycles. The Kier molecular flexibility index (Phi) is 8.01. The number of ether oxygens (including phenoxy) is 2. The number of benzene rings is 3. The van der Waals surface area contributed by atoms with Crippen LogP contribution >= 0.6 is 11.8 Å². The Hall–Kier alpha value is -4.38. The van der Waals surface area contributed by atoms with E-state index in [0.29, 0.717) is 23.6 Å². The Morgan fingerprint density at radius 1 is 1.07 bits per heavy atom. The number of rotatable bonds is 11. The van der Waals surface area contributed by atoms with E-state index in [2.05, 4.69) is 5.32 Å². The summed E-state index contributed by atoms with van der Waals surface area (Å²) in [6.07, 6.45) is 0.756. The predicted molar refractivity (Wildman–Crippen MR) is 145 cm³/mol. The van der Waals surface area contributed by atoms with Crippen LogP contribution in [0.1, 0.15) is 27.5 Å². The number of carbonyl (C=O) groups excluding carboxylic acids is 3. The Labute approximate surface area is 233 Å². The molecule has 1 fully saturated rings. The number of β-lactam (4-membered cyclic amide) rings is 1. The molecule has 2 amide bonds. The van der Waals surface area contributed by atoms with E-state index in [4.69, 9.17) is 14.6 Å². The van der Waals surface area contributed by atoms with E-state index >= 15 is 0 Å². The van der Waals surface area contributed by atoms with E-state index in [0.717, 1.165) is 23.3 Å². The molecule has 40 heavy (non-hydrogen) atoms. The van der Waals surface area contributed by atoms with Gasteiger partial charge in [0.25, 0.3) is 5.91 Å². The van der Waals surface area contributed by atoms with Crippen molar-refractivity contribution >= 4 is 41.0 Å². The molecule has 2 atom stereocenters. The van der Waals surface area contributed by atoms with Gasteiger partial charge < -0.3 is 24.8 Å². The quantitative estimate of drug-likeness (QED) is 0.269. The second kappa shape index (κ2) is 11.8. The summed E-state index contributed by atoms with van der Waals surface area (Å²) < 4.78 is 24.5. The zero-order valence-corrected chi connectivity index (χ0v) is 22.0. The van der Waals surface area contributed by atoms with Crippen molar-refractivity contribution in [3.63, 3.8) is 0 Å². The minimum atomic E-state index is -1.16. The first-order valence-electron chi connectivity index (χ1n) is 12.5. The normalized spacial score (nSPS) is 17.4. The number of aliphatic carboxylic acids is 1. The van der Waals surface area contributed by atoms with E-state index in [1.54, 1.807) is 41.3 Å². The van der Waals surface area contributed by atoms with E-state index in [-0.39, 0.29) is 24.1 Å². The third-order valence-electron chi connectivity index (χ3n) is 6.58. The summed E-state index contributed by atoms with van der Waals surface area (Å²) >= 11 is 1.26. The number of ketones is 1. The van der Waals surface area contributed by atoms with Crippen LogP contribution in [0, 0.1) is 5.82 Å². The van der Waals surface area contributed by atoms with Crippen LogP contribution in [0.25, 0.3) is 0 Å². The monoisotopic (exact) mass is 564 g/mol. The van der Waals surface area contributed by atoms with Crippen molar-refractivity contribution in [2.75, 3.05) is 30.4 Å². The molecule has 5 rings (SSSR count). The first-order chi connectivity index (χ1) is 19.3. The number of Topliss-reactive ketones (excluding diaryl/α,β-unsaturated/α-hetero) is 1. The Morgan fingerprint density at radius 2 is 1.82 bits per heavy atom. The molecule has 0 bridgehead atoms. The standard InChI is InChI=1S/C29H25FN2O7S/c30-20-4-6-21(7-5-20)32-27(17-1-8-22(9-2-17)39-15-25(34)31-14-26(35)36)28(29(32)37)40-16-23(33)18-3-10-24-19(13-18)11-12-38-24/h1-10,13,27-28H,11-12,14-16H2,(H,31,34)(H,35,36)/t27-,28-/m1/s1. The summed E-state index contributed by atoms with van der Waals surface area (Å²) in [6, 6.07) is 17.4. The number of carboxylic acids is 1.